The van der Waals surface area contributed by atoms with Gasteiger partial charge in [-0.1, -0.05) is 19.9 Å². The maximum absolute atomic E-state index is 12.8. The van der Waals surface area contributed by atoms with Crippen LogP contribution in [0.25, 0.3) is 0 Å². The van der Waals surface area contributed by atoms with Gasteiger partial charge in [0.1, 0.15) is 0 Å². The molecule has 2 N–H and O–H groups in total. The molecule has 1 amide bonds. The van der Waals surface area contributed by atoms with Crippen molar-refractivity contribution in [1.29, 1.82) is 0 Å². The Morgan fingerprint density at radius 2 is 2.00 bits per heavy atom. The van der Waals surface area contributed by atoms with Crippen LogP contribution in [0.4, 0.5) is 5.69 Å². The number of sulfonamides is 1. The van der Waals surface area contributed by atoms with Crippen LogP contribution < -0.4 is 10.6 Å². The maximum atomic E-state index is 12.8. The summed E-state index contributed by atoms with van der Waals surface area (Å²) in [6.45, 7) is 7.76. The average Bonchev–Trinajstić information content (AvgIpc) is 3.10. The van der Waals surface area contributed by atoms with E-state index in [0.29, 0.717) is 30.9 Å². The molecule has 0 aromatic heterocycles. The first-order valence-corrected chi connectivity index (χ1v) is 10.6. The van der Waals surface area contributed by atoms with Crippen molar-refractivity contribution in [1.82, 2.24) is 9.62 Å². The van der Waals surface area contributed by atoms with Gasteiger partial charge in [0.2, 0.25) is 15.9 Å². The molecule has 27 heavy (non-hydrogen) atoms. The van der Waals surface area contributed by atoms with Crippen LogP contribution in [0.1, 0.15) is 32.3 Å². The molecule has 1 aromatic rings. The molecule has 1 aromatic carbocycles. The lowest BCUT2D eigenvalue weighted by molar-refractivity contribution is -0.115. The third-order valence-electron chi connectivity index (χ3n) is 4.48. The zero-order valence-corrected chi connectivity index (χ0v) is 17.8. The van der Waals surface area contributed by atoms with E-state index >= 15 is 0 Å². The predicted molar refractivity (Wildman–Crippen MR) is 109 cm³/mol. The quantitative estimate of drug-likeness (QED) is 0.640. The number of carbonyl (C=O) groups is 1. The first kappa shape index (κ1) is 23.8. The number of anilines is 1. The van der Waals surface area contributed by atoms with Gasteiger partial charge in [-0.05, 0) is 37.5 Å². The van der Waals surface area contributed by atoms with E-state index in [1.54, 1.807) is 19.1 Å². The van der Waals surface area contributed by atoms with E-state index in [1.807, 2.05) is 13.8 Å². The number of ether oxygens (including phenoxy) is 1. The summed E-state index contributed by atoms with van der Waals surface area (Å²) in [6, 6.07) is 4.96. The summed E-state index contributed by atoms with van der Waals surface area (Å²) in [5.74, 6) is -0.210. The molecule has 1 saturated heterocycles. The molecule has 0 spiro atoms. The van der Waals surface area contributed by atoms with Gasteiger partial charge < -0.3 is 15.4 Å². The van der Waals surface area contributed by atoms with Crippen LogP contribution in [0.2, 0.25) is 0 Å². The van der Waals surface area contributed by atoms with Crippen LogP contribution in [-0.2, 0) is 19.6 Å². The number of nitrogens with zero attached hydrogens (tertiary/aromatic N) is 1. The average molecular weight is 420 g/mol. The zero-order valence-electron chi connectivity index (χ0n) is 16.2. The van der Waals surface area contributed by atoms with Gasteiger partial charge in [0.25, 0.3) is 0 Å². The summed E-state index contributed by atoms with van der Waals surface area (Å²) < 4.78 is 32.4. The monoisotopic (exact) mass is 419 g/mol. The Morgan fingerprint density at radius 1 is 1.30 bits per heavy atom. The molecule has 9 heteroatoms. The maximum Gasteiger partial charge on any atom is 0.243 e. The van der Waals surface area contributed by atoms with Crippen LogP contribution in [0.3, 0.4) is 0 Å². The number of hydrogen-bond donors (Lipinski definition) is 2. The molecule has 154 valence electrons. The minimum absolute atomic E-state index is 0. The highest BCUT2D eigenvalue weighted by atomic mass is 35.5. The molecule has 1 aliphatic heterocycles. The summed E-state index contributed by atoms with van der Waals surface area (Å²) in [5, 5.41) is 5.83. The lowest BCUT2D eigenvalue weighted by Gasteiger charge is -2.20. The topological polar surface area (TPSA) is 87.7 Å². The molecule has 1 heterocycles. The Bertz CT molecular complexity index is 717. The molecule has 1 fully saturated rings. The number of rotatable bonds is 9. The standard InChI is InChI=1S/C18H29N3O4S.ClH/c1-4-21(5-2)26(23,24)17-11-15(9-8-14(17)3)20-18(22)13-19-12-16-7-6-10-25-16;/h8-9,11,16,19H,4-7,10,12-13H2,1-3H3,(H,20,22);1H. The minimum atomic E-state index is -3.57. The van der Waals surface area contributed by atoms with Gasteiger partial charge in [-0.15, -0.1) is 12.4 Å². The van der Waals surface area contributed by atoms with E-state index in [0.717, 1.165) is 19.4 Å². The van der Waals surface area contributed by atoms with Crippen molar-refractivity contribution in [2.45, 2.75) is 44.6 Å². The highest BCUT2D eigenvalue weighted by Crippen LogP contribution is 2.23. The van der Waals surface area contributed by atoms with Gasteiger partial charge in [0, 0.05) is 31.9 Å². The zero-order chi connectivity index (χ0) is 19.2. The number of aryl methyl sites for hydroxylation is 1. The summed E-state index contributed by atoms with van der Waals surface area (Å²) in [6.07, 6.45) is 2.25. The summed E-state index contributed by atoms with van der Waals surface area (Å²) >= 11 is 0. The first-order chi connectivity index (χ1) is 12.4. The SMILES string of the molecule is CCN(CC)S(=O)(=O)c1cc(NC(=O)CNCC2CCCO2)ccc1C.Cl. The largest absolute Gasteiger partial charge is 0.377 e. The molecule has 2 rings (SSSR count). The fourth-order valence-corrected chi connectivity index (χ4v) is 4.72. The molecule has 0 saturated carbocycles. The van der Waals surface area contributed by atoms with Gasteiger partial charge in [0.05, 0.1) is 17.5 Å². The third-order valence-corrected chi connectivity index (χ3v) is 6.67. The molecular formula is C18H30ClN3O4S. The Morgan fingerprint density at radius 3 is 2.59 bits per heavy atom. The first-order valence-electron chi connectivity index (χ1n) is 9.11. The fraction of sp³-hybridized carbons (Fsp3) is 0.611. The van der Waals surface area contributed by atoms with E-state index < -0.39 is 10.0 Å². The van der Waals surface area contributed by atoms with Crippen LogP contribution in [0, 0.1) is 6.92 Å². The van der Waals surface area contributed by atoms with Gasteiger partial charge in [0.15, 0.2) is 0 Å². The van der Waals surface area contributed by atoms with Crippen LogP contribution in [0.15, 0.2) is 23.1 Å². The van der Waals surface area contributed by atoms with Crippen molar-refractivity contribution < 1.29 is 17.9 Å². The van der Waals surface area contributed by atoms with Crippen molar-refractivity contribution in [2.24, 2.45) is 0 Å². The van der Waals surface area contributed by atoms with Crippen molar-refractivity contribution in [3.05, 3.63) is 23.8 Å². The summed E-state index contributed by atoms with van der Waals surface area (Å²) in [7, 11) is -3.57. The minimum Gasteiger partial charge on any atom is -0.377 e. The Hall–Kier alpha value is -1.19. The van der Waals surface area contributed by atoms with E-state index in [4.69, 9.17) is 4.74 Å². The van der Waals surface area contributed by atoms with E-state index in [-0.39, 0.29) is 35.9 Å². The molecule has 7 nitrogen and oxygen atoms in total. The van der Waals surface area contributed by atoms with Gasteiger partial charge in [-0.25, -0.2) is 8.42 Å². The molecule has 1 unspecified atom stereocenters. The van der Waals surface area contributed by atoms with Crippen LogP contribution in [-0.4, -0.2) is 57.5 Å². The number of benzene rings is 1. The lowest BCUT2D eigenvalue weighted by atomic mass is 10.2. The molecule has 1 aliphatic rings. The molecule has 0 bridgehead atoms. The number of carbonyl (C=O) groups excluding carboxylic acids is 1. The fourth-order valence-electron chi connectivity index (χ4n) is 3.02. The van der Waals surface area contributed by atoms with Crippen LogP contribution >= 0.6 is 12.4 Å². The van der Waals surface area contributed by atoms with Gasteiger partial charge in [-0.3, -0.25) is 4.79 Å². The second-order valence-corrected chi connectivity index (χ2v) is 8.29. The second-order valence-electron chi connectivity index (χ2n) is 6.38. The second kappa shape index (κ2) is 11.0. The normalized spacial score (nSPS) is 17.0. The number of hydrogen-bond acceptors (Lipinski definition) is 5. The Balaban J connectivity index is 0.00000364. The predicted octanol–water partition coefficient (Wildman–Crippen LogP) is 2.15. The van der Waals surface area contributed by atoms with Crippen LogP contribution in [0.5, 0.6) is 0 Å². The molecular weight excluding hydrogens is 390 g/mol. The van der Waals surface area contributed by atoms with Gasteiger partial charge >= 0.3 is 0 Å². The molecule has 0 aliphatic carbocycles. The van der Waals surface area contributed by atoms with Crippen molar-refractivity contribution in [2.75, 3.05) is 38.1 Å². The number of nitrogens with one attached hydrogen (secondary N) is 2. The van der Waals surface area contributed by atoms with Gasteiger partial charge in [-0.2, -0.15) is 4.31 Å². The molecule has 1 atom stereocenters. The number of amides is 1. The summed E-state index contributed by atoms with van der Waals surface area (Å²) in [5.41, 5.74) is 1.14. The summed E-state index contributed by atoms with van der Waals surface area (Å²) in [4.78, 5) is 12.3. The van der Waals surface area contributed by atoms with Crippen molar-refractivity contribution >= 4 is 34.0 Å². The Labute approximate surface area is 168 Å². The highest BCUT2D eigenvalue weighted by Gasteiger charge is 2.24. The third kappa shape index (κ3) is 6.43. The highest BCUT2D eigenvalue weighted by molar-refractivity contribution is 7.89. The van der Waals surface area contributed by atoms with E-state index in [1.165, 1.54) is 10.4 Å². The Kier molecular flexibility index (Phi) is 9.69. The smallest absolute Gasteiger partial charge is 0.243 e. The number of halogens is 1. The van der Waals surface area contributed by atoms with E-state index in [9.17, 15) is 13.2 Å². The van der Waals surface area contributed by atoms with E-state index in [2.05, 4.69) is 10.6 Å². The molecule has 0 radical (unpaired) electrons. The van der Waals surface area contributed by atoms with Crippen molar-refractivity contribution in [3.63, 3.8) is 0 Å². The van der Waals surface area contributed by atoms with Crippen molar-refractivity contribution in [3.8, 4) is 0 Å². The lowest BCUT2D eigenvalue weighted by Crippen LogP contribution is -2.33.